The van der Waals surface area contributed by atoms with Crippen molar-refractivity contribution >= 4 is 28.5 Å². The van der Waals surface area contributed by atoms with Gasteiger partial charge in [-0.3, -0.25) is 4.79 Å². The van der Waals surface area contributed by atoms with Crippen LogP contribution < -0.4 is 5.32 Å². The van der Waals surface area contributed by atoms with Gasteiger partial charge in [0, 0.05) is 9.13 Å². The van der Waals surface area contributed by atoms with E-state index in [1.807, 2.05) is 55.5 Å². The normalized spacial score (nSPS) is 11.9. The molecule has 0 bridgehead atoms. The topological polar surface area (TPSA) is 59.8 Å². The lowest BCUT2D eigenvalue weighted by molar-refractivity contribution is 0.0940. The van der Waals surface area contributed by atoms with Crippen molar-refractivity contribution < 1.29 is 4.79 Å². The third-order valence-electron chi connectivity index (χ3n) is 3.53. The number of nitrogens with one attached hydrogen (secondary N) is 1. The van der Waals surface area contributed by atoms with Crippen LogP contribution in [0.15, 0.2) is 61.2 Å². The molecule has 0 saturated heterocycles. The average molecular weight is 418 g/mol. The maximum Gasteiger partial charge on any atom is 0.251 e. The Morgan fingerprint density at radius 1 is 1.13 bits per heavy atom. The maximum absolute atomic E-state index is 12.3. The molecule has 116 valence electrons. The van der Waals surface area contributed by atoms with Crippen molar-refractivity contribution in [1.29, 1.82) is 0 Å². The summed E-state index contributed by atoms with van der Waals surface area (Å²) in [6, 6.07) is 15.3. The van der Waals surface area contributed by atoms with Crippen LogP contribution in [0, 0.1) is 3.57 Å². The maximum atomic E-state index is 12.3. The zero-order valence-electron chi connectivity index (χ0n) is 12.5. The van der Waals surface area contributed by atoms with Gasteiger partial charge >= 0.3 is 0 Å². The molecule has 0 fully saturated rings. The monoisotopic (exact) mass is 418 g/mol. The zero-order chi connectivity index (χ0) is 16.2. The molecular formula is C17H15IN4O. The minimum absolute atomic E-state index is 0.0748. The molecule has 1 atom stereocenters. The lowest BCUT2D eigenvalue weighted by atomic mass is 10.1. The van der Waals surface area contributed by atoms with Crippen LogP contribution in [0.1, 0.15) is 28.9 Å². The molecule has 3 rings (SSSR count). The van der Waals surface area contributed by atoms with E-state index in [1.165, 1.54) is 6.33 Å². The number of benzene rings is 2. The van der Waals surface area contributed by atoms with Crippen LogP contribution in [0.3, 0.4) is 0 Å². The number of carbonyl (C=O) groups is 1. The van der Waals surface area contributed by atoms with E-state index in [-0.39, 0.29) is 11.9 Å². The van der Waals surface area contributed by atoms with Gasteiger partial charge in [0.1, 0.15) is 12.7 Å². The summed E-state index contributed by atoms with van der Waals surface area (Å²) in [7, 11) is 0. The second-order valence-corrected chi connectivity index (χ2v) is 6.38. The molecule has 2 aromatic carbocycles. The molecule has 0 aliphatic carbocycles. The first-order chi connectivity index (χ1) is 11.1. The van der Waals surface area contributed by atoms with Crippen molar-refractivity contribution in [1.82, 2.24) is 20.1 Å². The smallest absolute Gasteiger partial charge is 0.251 e. The Kier molecular flexibility index (Phi) is 4.71. The average Bonchev–Trinajstić information content (AvgIpc) is 3.10. The Labute approximate surface area is 147 Å². The highest BCUT2D eigenvalue weighted by Gasteiger charge is 2.11. The molecule has 1 amide bonds. The molecule has 0 aliphatic heterocycles. The third-order valence-corrected chi connectivity index (χ3v) is 4.25. The lowest BCUT2D eigenvalue weighted by Gasteiger charge is -2.15. The minimum atomic E-state index is -0.0772. The van der Waals surface area contributed by atoms with E-state index in [1.54, 1.807) is 11.0 Å². The quantitative estimate of drug-likeness (QED) is 0.662. The number of carbonyl (C=O) groups excluding carboxylic acids is 1. The van der Waals surface area contributed by atoms with Gasteiger partial charge < -0.3 is 5.32 Å². The van der Waals surface area contributed by atoms with E-state index in [9.17, 15) is 4.79 Å². The van der Waals surface area contributed by atoms with Crippen LogP contribution in [-0.4, -0.2) is 20.7 Å². The van der Waals surface area contributed by atoms with Crippen LogP contribution in [0.4, 0.5) is 0 Å². The molecule has 0 radical (unpaired) electrons. The van der Waals surface area contributed by atoms with Crippen LogP contribution in [0.25, 0.3) is 5.69 Å². The fraction of sp³-hybridized carbons (Fsp3) is 0.118. The second kappa shape index (κ2) is 6.91. The number of hydrogen-bond acceptors (Lipinski definition) is 3. The SMILES string of the molecule is C[C@@H](NC(=O)c1ccc(I)cc1)c1ccc(-n2cncn2)cc1. The van der Waals surface area contributed by atoms with Crippen LogP contribution in [-0.2, 0) is 0 Å². The van der Waals surface area contributed by atoms with Crippen LogP contribution in [0.5, 0.6) is 0 Å². The number of nitrogens with zero attached hydrogens (tertiary/aromatic N) is 3. The molecule has 0 unspecified atom stereocenters. The Morgan fingerprint density at radius 3 is 2.43 bits per heavy atom. The molecule has 0 aliphatic rings. The number of amides is 1. The van der Waals surface area contributed by atoms with Gasteiger partial charge in [-0.2, -0.15) is 5.10 Å². The van der Waals surface area contributed by atoms with E-state index in [0.717, 1.165) is 14.8 Å². The molecule has 6 heteroatoms. The van der Waals surface area contributed by atoms with Gasteiger partial charge in [-0.25, -0.2) is 9.67 Å². The first kappa shape index (κ1) is 15.7. The summed E-state index contributed by atoms with van der Waals surface area (Å²) in [5.74, 6) is -0.0748. The van der Waals surface area contributed by atoms with Crippen molar-refractivity contribution in [2.24, 2.45) is 0 Å². The van der Waals surface area contributed by atoms with E-state index >= 15 is 0 Å². The molecule has 0 saturated carbocycles. The number of rotatable bonds is 4. The van der Waals surface area contributed by atoms with Crippen molar-refractivity contribution in [3.05, 3.63) is 75.9 Å². The first-order valence-corrected chi connectivity index (χ1v) is 8.23. The minimum Gasteiger partial charge on any atom is -0.346 e. The largest absolute Gasteiger partial charge is 0.346 e. The first-order valence-electron chi connectivity index (χ1n) is 7.15. The van der Waals surface area contributed by atoms with Crippen molar-refractivity contribution in [2.75, 3.05) is 0 Å². The van der Waals surface area contributed by atoms with Gasteiger partial charge in [-0.15, -0.1) is 0 Å². The Balaban J connectivity index is 1.69. The van der Waals surface area contributed by atoms with E-state index in [4.69, 9.17) is 0 Å². The van der Waals surface area contributed by atoms with Crippen LogP contribution >= 0.6 is 22.6 Å². The Hall–Kier alpha value is -2.22. The summed E-state index contributed by atoms with van der Waals surface area (Å²) in [5.41, 5.74) is 2.63. The fourth-order valence-electron chi connectivity index (χ4n) is 2.22. The van der Waals surface area contributed by atoms with Gasteiger partial charge in [0.2, 0.25) is 0 Å². The number of hydrogen-bond donors (Lipinski definition) is 1. The molecule has 0 spiro atoms. The fourth-order valence-corrected chi connectivity index (χ4v) is 2.58. The van der Waals surface area contributed by atoms with Crippen molar-refractivity contribution in [3.63, 3.8) is 0 Å². The van der Waals surface area contributed by atoms with E-state index in [0.29, 0.717) is 5.56 Å². The molecule has 3 aromatic rings. The van der Waals surface area contributed by atoms with E-state index < -0.39 is 0 Å². The molecule has 1 heterocycles. The van der Waals surface area contributed by atoms with Gasteiger partial charge in [0.05, 0.1) is 11.7 Å². The number of aromatic nitrogens is 3. The molecule has 5 nitrogen and oxygen atoms in total. The van der Waals surface area contributed by atoms with Crippen LogP contribution in [0.2, 0.25) is 0 Å². The summed E-state index contributed by atoms with van der Waals surface area (Å²) in [6.07, 6.45) is 3.15. The summed E-state index contributed by atoms with van der Waals surface area (Å²) < 4.78 is 2.80. The predicted molar refractivity (Wildman–Crippen MR) is 96.4 cm³/mol. The highest BCUT2D eigenvalue weighted by Crippen LogP contribution is 2.16. The van der Waals surface area contributed by atoms with E-state index in [2.05, 4.69) is 38.0 Å². The Bertz CT molecular complexity index is 782. The summed E-state index contributed by atoms with van der Waals surface area (Å²) in [6.45, 7) is 1.97. The molecule has 1 aromatic heterocycles. The molecule has 23 heavy (non-hydrogen) atoms. The van der Waals surface area contributed by atoms with Crippen molar-refractivity contribution in [2.45, 2.75) is 13.0 Å². The highest BCUT2D eigenvalue weighted by atomic mass is 127. The molecular weight excluding hydrogens is 403 g/mol. The predicted octanol–water partition coefficient (Wildman–Crippen LogP) is 3.36. The van der Waals surface area contributed by atoms with Gasteiger partial charge in [-0.05, 0) is 71.5 Å². The highest BCUT2D eigenvalue weighted by molar-refractivity contribution is 14.1. The Morgan fingerprint density at radius 2 is 1.83 bits per heavy atom. The van der Waals surface area contributed by atoms with Gasteiger partial charge in [-0.1, -0.05) is 12.1 Å². The third kappa shape index (κ3) is 3.76. The van der Waals surface area contributed by atoms with Crippen molar-refractivity contribution in [3.8, 4) is 5.69 Å². The second-order valence-electron chi connectivity index (χ2n) is 5.13. The summed E-state index contributed by atoms with van der Waals surface area (Å²) in [4.78, 5) is 16.2. The van der Waals surface area contributed by atoms with Gasteiger partial charge in [0.25, 0.3) is 5.91 Å². The summed E-state index contributed by atoms with van der Waals surface area (Å²) in [5, 5.41) is 7.10. The zero-order valence-corrected chi connectivity index (χ0v) is 14.6. The number of halogens is 1. The van der Waals surface area contributed by atoms with Gasteiger partial charge in [0.15, 0.2) is 0 Å². The lowest BCUT2D eigenvalue weighted by Crippen LogP contribution is -2.26. The summed E-state index contributed by atoms with van der Waals surface area (Å²) >= 11 is 2.22. The standard InChI is InChI=1S/C17H15IN4O/c1-12(21-17(23)14-2-6-15(18)7-3-14)13-4-8-16(9-5-13)22-11-19-10-20-22/h2-12H,1H3,(H,21,23)/t12-/m1/s1. The molecule has 1 N–H and O–H groups in total.